The van der Waals surface area contributed by atoms with E-state index in [1.807, 2.05) is 0 Å². The van der Waals surface area contributed by atoms with E-state index in [4.69, 9.17) is 9.47 Å². The van der Waals surface area contributed by atoms with E-state index in [1.165, 1.54) is 43.0 Å². The summed E-state index contributed by atoms with van der Waals surface area (Å²) in [5.74, 6) is -0.157. The average Bonchev–Trinajstić information content (AvgIpc) is 3.27. The number of alkyl halides is 3. The van der Waals surface area contributed by atoms with Crippen LogP contribution in [0.15, 0.2) is 47.4 Å². The molecule has 0 atom stereocenters. The minimum absolute atomic E-state index is 0.156. The maximum absolute atomic E-state index is 12.8. The highest BCUT2D eigenvalue weighted by Crippen LogP contribution is 2.37. The van der Waals surface area contributed by atoms with Crippen molar-refractivity contribution < 1.29 is 32.5 Å². The van der Waals surface area contributed by atoms with Gasteiger partial charge in [0.1, 0.15) is 5.75 Å². The minimum Gasteiger partial charge on any atom is -0.502 e. The highest BCUT2D eigenvalue weighted by molar-refractivity contribution is 7.15. The second-order valence-corrected chi connectivity index (χ2v) is 7.55. The number of ether oxygens (including phenoxy) is 3. The molecule has 0 amide bonds. The van der Waals surface area contributed by atoms with E-state index >= 15 is 0 Å². The van der Waals surface area contributed by atoms with Gasteiger partial charge >= 0.3 is 6.36 Å². The lowest BCUT2D eigenvalue weighted by molar-refractivity contribution is -0.274. The van der Waals surface area contributed by atoms with Crippen LogP contribution in [0, 0.1) is 0 Å². The van der Waals surface area contributed by atoms with Gasteiger partial charge in [0.25, 0.3) is 5.56 Å². The van der Waals surface area contributed by atoms with Crippen LogP contribution in [0.25, 0.3) is 22.3 Å². The summed E-state index contributed by atoms with van der Waals surface area (Å²) in [5, 5.41) is 10.0. The predicted molar refractivity (Wildman–Crippen MR) is 111 cm³/mol. The summed E-state index contributed by atoms with van der Waals surface area (Å²) < 4.78 is 53.3. The third kappa shape index (κ3) is 4.19. The Kier molecular flexibility index (Phi) is 5.43. The Hall–Kier alpha value is -3.73. The van der Waals surface area contributed by atoms with Crippen LogP contribution in [0.4, 0.5) is 13.2 Å². The summed E-state index contributed by atoms with van der Waals surface area (Å²) in [6, 6.07) is 8.47. The number of phenols is 1. The van der Waals surface area contributed by atoms with Gasteiger partial charge in [-0.05, 0) is 35.9 Å². The van der Waals surface area contributed by atoms with Gasteiger partial charge in [-0.1, -0.05) is 23.5 Å². The number of imidazole rings is 1. The Balaban J connectivity index is 1.74. The minimum atomic E-state index is -4.81. The molecule has 1 N–H and O–H groups in total. The molecule has 0 unspecified atom stereocenters. The molecule has 7 nitrogen and oxygen atoms in total. The van der Waals surface area contributed by atoms with Crippen molar-refractivity contribution in [2.45, 2.75) is 6.36 Å². The summed E-state index contributed by atoms with van der Waals surface area (Å²) in [6.07, 6.45) is -1.75. The van der Waals surface area contributed by atoms with Crippen molar-refractivity contribution in [3.05, 3.63) is 63.0 Å². The standard InChI is InChI=1S/C21H15F3N2O5S/c1-29-15-6-11(7-16(30-2)18(15)27)8-17-19(28)26-10-14(25-20(26)32-17)12-4-3-5-13(9-12)31-21(22,23)24/h3-10,27H,1-2H3. The summed E-state index contributed by atoms with van der Waals surface area (Å²) in [7, 11) is 2.79. The summed E-state index contributed by atoms with van der Waals surface area (Å²) >= 11 is 1.11. The normalized spacial score (nSPS) is 12.3. The van der Waals surface area contributed by atoms with E-state index in [-0.39, 0.29) is 28.6 Å². The van der Waals surface area contributed by atoms with Crippen LogP contribution in [-0.4, -0.2) is 35.1 Å². The van der Waals surface area contributed by atoms with Gasteiger partial charge < -0.3 is 19.3 Å². The molecule has 166 valence electrons. The van der Waals surface area contributed by atoms with Crippen LogP contribution < -0.4 is 24.3 Å². The van der Waals surface area contributed by atoms with Crippen LogP contribution >= 0.6 is 11.3 Å². The summed E-state index contributed by atoms with van der Waals surface area (Å²) in [5.41, 5.74) is 0.925. The quantitative estimate of drug-likeness (QED) is 0.486. The molecule has 32 heavy (non-hydrogen) atoms. The highest BCUT2D eigenvalue weighted by Gasteiger charge is 2.31. The van der Waals surface area contributed by atoms with Gasteiger partial charge in [-0.25, -0.2) is 4.98 Å². The largest absolute Gasteiger partial charge is 0.573 e. The smallest absolute Gasteiger partial charge is 0.502 e. The topological polar surface area (TPSA) is 82.3 Å². The SMILES string of the molecule is COc1cc(C=c2sc3nc(-c4cccc(OC(F)(F)F)c4)cn3c2=O)cc(OC)c1O. The van der Waals surface area contributed by atoms with Crippen LogP contribution in [0.5, 0.6) is 23.0 Å². The van der Waals surface area contributed by atoms with E-state index in [0.717, 1.165) is 11.3 Å². The molecule has 0 bridgehead atoms. The predicted octanol–water partition coefficient (Wildman–Crippen LogP) is 3.59. The Bertz CT molecular complexity index is 1390. The second kappa shape index (κ2) is 8.08. The fraction of sp³-hybridized carbons (Fsp3) is 0.143. The van der Waals surface area contributed by atoms with Gasteiger partial charge in [0.05, 0.1) is 24.4 Å². The number of hydrogen-bond acceptors (Lipinski definition) is 7. The molecule has 2 heterocycles. The Morgan fingerprint density at radius 1 is 1.12 bits per heavy atom. The number of phenolic OH excluding ortho intramolecular Hbond substituents is 1. The van der Waals surface area contributed by atoms with Crippen molar-refractivity contribution in [2.24, 2.45) is 0 Å². The van der Waals surface area contributed by atoms with Crippen molar-refractivity contribution >= 4 is 22.4 Å². The van der Waals surface area contributed by atoms with Crippen LogP contribution in [-0.2, 0) is 0 Å². The number of rotatable bonds is 5. The van der Waals surface area contributed by atoms with Gasteiger partial charge in [-0.15, -0.1) is 13.2 Å². The maximum atomic E-state index is 12.8. The van der Waals surface area contributed by atoms with Crippen molar-refractivity contribution in [3.63, 3.8) is 0 Å². The van der Waals surface area contributed by atoms with E-state index in [1.54, 1.807) is 24.3 Å². The molecule has 0 aliphatic heterocycles. The molecule has 4 aromatic rings. The number of hydrogen-bond donors (Lipinski definition) is 1. The van der Waals surface area contributed by atoms with Gasteiger partial charge in [0.2, 0.25) is 5.75 Å². The number of thiazole rings is 1. The molecular weight excluding hydrogens is 449 g/mol. The van der Waals surface area contributed by atoms with Gasteiger partial charge in [0, 0.05) is 11.8 Å². The first-order valence-electron chi connectivity index (χ1n) is 9.03. The van der Waals surface area contributed by atoms with Gasteiger partial charge in [-0.2, -0.15) is 0 Å². The maximum Gasteiger partial charge on any atom is 0.573 e. The molecule has 0 aliphatic carbocycles. The number of nitrogens with zero attached hydrogens (tertiary/aromatic N) is 2. The molecule has 0 aliphatic rings. The molecule has 2 aromatic carbocycles. The monoisotopic (exact) mass is 464 g/mol. The number of halogens is 3. The highest BCUT2D eigenvalue weighted by atomic mass is 32.1. The Morgan fingerprint density at radius 3 is 2.41 bits per heavy atom. The first kappa shape index (κ1) is 21.5. The fourth-order valence-electron chi connectivity index (χ4n) is 3.07. The van der Waals surface area contributed by atoms with Gasteiger partial charge in [-0.3, -0.25) is 9.20 Å². The molecule has 11 heteroatoms. The zero-order valence-corrected chi connectivity index (χ0v) is 17.5. The molecule has 2 aromatic heterocycles. The second-order valence-electron chi connectivity index (χ2n) is 6.54. The number of aromatic nitrogens is 2. The lowest BCUT2D eigenvalue weighted by atomic mass is 10.1. The van der Waals surface area contributed by atoms with Crippen LogP contribution in [0.3, 0.4) is 0 Å². The summed E-state index contributed by atoms with van der Waals surface area (Å²) in [4.78, 5) is 17.6. The molecule has 0 saturated carbocycles. The Morgan fingerprint density at radius 2 is 1.81 bits per heavy atom. The van der Waals surface area contributed by atoms with Crippen molar-refractivity contribution in [3.8, 4) is 34.3 Å². The molecule has 0 spiro atoms. The van der Waals surface area contributed by atoms with E-state index in [9.17, 15) is 23.1 Å². The van der Waals surface area contributed by atoms with Crippen molar-refractivity contribution in [2.75, 3.05) is 14.2 Å². The van der Waals surface area contributed by atoms with E-state index in [2.05, 4.69) is 9.72 Å². The lowest BCUT2D eigenvalue weighted by Gasteiger charge is -2.09. The lowest BCUT2D eigenvalue weighted by Crippen LogP contribution is -2.22. The zero-order chi connectivity index (χ0) is 23.0. The number of fused-ring (bicyclic) bond motifs is 1. The van der Waals surface area contributed by atoms with Crippen molar-refractivity contribution in [1.29, 1.82) is 0 Å². The molecule has 0 saturated heterocycles. The third-order valence-electron chi connectivity index (χ3n) is 4.47. The zero-order valence-electron chi connectivity index (χ0n) is 16.6. The number of methoxy groups -OCH3 is 2. The van der Waals surface area contributed by atoms with Crippen molar-refractivity contribution in [1.82, 2.24) is 9.38 Å². The van der Waals surface area contributed by atoms with E-state index in [0.29, 0.717) is 26.3 Å². The van der Waals surface area contributed by atoms with Crippen LogP contribution in [0.1, 0.15) is 5.56 Å². The molecule has 4 rings (SSSR count). The first-order valence-corrected chi connectivity index (χ1v) is 9.85. The first-order chi connectivity index (χ1) is 15.2. The molecular formula is C21H15F3N2O5S. The average molecular weight is 464 g/mol. The number of aromatic hydroxyl groups is 1. The molecule has 0 radical (unpaired) electrons. The Labute approximate surface area is 182 Å². The van der Waals surface area contributed by atoms with Gasteiger partial charge in [0.15, 0.2) is 16.5 Å². The van der Waals surface area contributed by atoms with E-state index < -0.39 is 6.36 Å². The third-order valence-corrected chi connectivity index (χ3v) is 5.45. The fourth-order valence-corrected chi connectivity index (χ4v) is 4.03. The number of benzene rings is 2. The summed E-state index contributed by atoms with van der Waals surface area (Å²) in [6.45, 7) is 0. The van der Waals surface area contributed by atoms with Crippen LogP contribution in [0.2, 0.25) is 0 Å². The molecule has 0 fully saturated rings.